The fraction of sp³-hybridized carbons (Fsp3) is 1.00. The largest absolute Gasteiger partial charge is 0.412 e. The van der Waals surface area contributed by atoms with E-state index >= 15 is 0 Å². The van der Waals surface area contributed by atoms with E-state index in [9.17, 15) is 0 Å². The average Bonchev–Trinajstić information content (AvgIpc) is 0. The molecule has 4 N–H and O–H groups in total. The lowest BCUT2D eigenvalue weighted by molar-refractivity contribution is 0.823. The van der Waals surface area contributed by atoms with Gasteiger partial charge in [-0.15, -0.1) is 0 Å². The third kappa shape index (κ3) is 147. The number of hydrogen-bond acceptors (Lipinski definition) is 0. The zero-order valence-corrected chi connectivity index (χ0v) is 1.00. The number of rotatable bonds is 0. The van der Waals surface area contributed by atoms with Gasteiger partial charge in [-0.05, 0) is 11.0 Å². The maximum Gasteiger partial charge on any atom is -0.0149 e. The van der Waals surface area contributed by atoms with Gasteiger partial charge in [0.05, 0.1) is 0 Å². The van der Waals surface area contributed by atoms with Gasteiger partial charge < -0.3 is 11.0 Å². The van der Waals surface area contributed by atoms with Crippen LogP contribution in [0.5, 0.6) is 0 Å². The Labute approximate surface area is 30.5 Å². The molecule has 0 radical (unpaired) electrons. The lowest BCUT2D eigenvalue weighted by atomic mass is 12.0. The minimum atomic E-state index is 0. The highest BCUT2D eigenvalue weighted by Crippen LogP contribution is 0.144. The fourth-order valence-corrected chi connectivity index (χ4v) is 0. The Hall–Kier alpha value is 0.137. The van der Waals surface area contributed by atoms with Crippen LogP contribution in [0.4, 0.5) is 0 Å². The summed E-state index contributed by atoms with van der Waals surface area (Å²) in [7, 11) is 0. The van der Waals surface area contributed by atoms with E-state index in [-0.39, 0.29) is 29.3 Å². The third-order valence-electron chi connectivity index (χ3n) is 0. The summed E-state index contributed by atoms with van der Waals surface area (Å²) in [5, 5.41) is 0. The predicted molar refractivity (Wildman–Crippen MR) is 25.3 cm³/mol. The van der Waals surface area contributed by atoms with Crippen molar-refractivity contribution in [2.24, 2.45) is 0 Å². The van der Waals surface area contributed by atoms with Gasteiger partial charge >= 0.3 is 0 Å². The van der Waals surface area contributed by atoms with Gasteiger partial charge in [-0.1, -0.05) is 7.43 Å². The first-order chi connectivity index (χ1) is 0. The molecule has 4 heavy (non-hydrogen) atoms. The van der Waals surface area contributed by atoms with Crippen molar-refractivity contribution < 1.29 is 11.0 Å². The maximum atomic E-state index is 0. The molecule has 0 aliphatic heterocycles. The van der Waals surface area contributed by atoms with E-state index in [2.05, 4.69) is 0 Å². The summed E-state index contributed by atoms with van der Waals surface area (Å²) in [6, 6.07) is 0. The SMILES string of the molecule is C.O.O.[SiH4]. The lowest BCUT2D eigenvalue weighted by Gasteiger charge is -0.413. The van der Waals surface area contributed by atoms with E-state index in [1.54, 1.807) is 0 Å². The molecule has 0 amide bonds. The van der Waals surface area contributed by atoms with Crippen LogP contribution in [0.15, 0.2) is 0 Å². The number of hydrogen-bond donors (Lipinski definition) is 0. The highest BCUT2D eigenvalue weighted by atomic mass is 28.1. The Morgan fingerprint density at radius 3 is 0.750 bits per heavy atom. The molecule has 0 aliphatic carbocycles. The summed E-state index contributed by atoms with van der Waals surface area (Å²) >= 11 is 0. The van der Waals surface area contributed by atoms with Crippen molar-refractivity contribution in [1.82, 2.24) is 0 Å². The van der Waals surface area contributed by atoms with Gasteiger partial charge in [-0.25, -0.2) is 0 Å². The van der Waals surface area contributed by atoms with E-state index in [0.29, 0.717) is 0 Å². The van der Waals surface area contributed by atoms with Crippen molar-refractivity contribution in [2.75, 3.05) is 0 Å². The topological polar surface area (TPSA) is 63.0 Å². The molecule has 2 nitrogen and oxygen atoms in total. The van der Waals surface area contributed by atoms with Crippen LogP contribution in [0.3, 0.4) is 0 Å². The molecule has 0 atom stereocenters. The van der Waals surface area contributed by atoms with Crippen molar-refractivity contribution in [3.05, 3.63) is 0 Å². The quantitative estimate of drug-likeness (QED) is 0.292. The summed E-state index contributed by atoms with van der Waals surface area (Å²) < 4.78 is 0. The molecule has 0 aromatic carbocycles. The van der Waals surface area contributed by atoms with Crippen molar-refractivity contribution in [2.45, 2.75) is 7.43 Å². The maximum absolute atomic E-state index is 0. The molecule has 3 heteroatoms. The van der Waals surface area contributed by atoms with E-state index in [4.69, 9.17) is 0 Å². The summed E-state index contributed by atoms with van der Waals surface area (Å²) in [6.07, 6.45) is 0. The van der Waals surface area contributed by atoms with Crippen LogP contribution in [-0.4, -0.2) is 21.9 Å². The van der Waals surface area contributed by atoms with Gasteiger partial charge in [-0.2, -0.15) is 0 Å². The zero-order valence-electron chi connectivity index (χ0n) is 1.00. The Morgan fingerprint density at radius 2 is 0.750 bits per heavy atom. The van der Waals surface area contributed by atoms with Gasteiger partial charge in [0.25, 0.3) is 0 Å². The monoisotopic (exact) mass is 84.1 g/mol. The van der Waals surface area contributed by atoms with Crippen molar-refractivity contribution >= 4 is 11.0 Å². The summed E-state index contributed by atoms with van der Waals surface area (Å²) in [5.74, 6) is 0. The van der Waals surface area contributed by atoms with Crippen molar-refractivity contribution in [3.8, 4) is 0 Å². The van der Waals surface area contributed by atoms with Crippen LogP contribution in [-0.2, 0) is 0 Å². The van der Waals surface area contributed by atoms with Crippen LogP contribution in [0, 0.1) is 0 Å². The summed E-state index contributed by atoms with van der Waals surface area (Å²) in [6.45, 7) is 0. The van der Waals surface area contributed by atoms with Crippen LogP contribution in [0.2, 0.25) is 0 Å². The second-order valence-electron chi connectivity index (χ2n) is 0. The second kappa shape index (κ2) is 764. The van der Waals surface area contributed by atoms with E-state index in [1.807, 2.05) is 0 Å². The normalized spacial score (nSPS) is 0. The predicted octanol–water partition coefficient (Wildman–Crippen LogP) is -2.46. The van der Waals surface area contributed by atoms with Gasteiger partial charge in [0, 0.05) is 0 Å². The molecular formula is CH12O2Si. The third-order valence-corrected chi connectivity index (χ3v) is 0. The van der Waals surface area contributed by atoms with Gasteiger partial charge in [-0.3, -0.25) is 0 Å². The highest BCUT2D eigenvalue weighted by molar-refractivity contribution is 5.75. The molecule has 0 saturated carbocycles. The summed E-state index contributed by atoms with van der Waals surface area (Å²) in [5.41, 5.74) is 0. The minimum Gasteiger partial charge on any atom is -0.412 e. The van der Waals surface area contributed by atoms with Gasteiger partial charge in [0.1, 0.15) is 0 Å². The van der Waals surface area contributed by atoms with Crippen molar-refractivity contribution in [3.63, 3.8) is 0 Å². The van der Waals surface area contributed by atoms with Crippen molar-refractivity contribution in [1.29, 1.82) is 0 Å². The lowest BCUT2D eigenvalue weighted by Crippen LogP contribution is -0.381. The Morgan fingerprint density at radius 1 is 0.750 bits per heavy atom. The molecule has 0 unspecified atom stereocenters. The molecule has 0 fully saturated rings. The molecule has 0 spiro atoms. The first kappa shape index (κ1) is 2170. The Bertz CT molecular complexity index is 6.00. The average molecular weight is 84.2 g/mol. The zero-order chi connectivity index (χ0) is 0. The standard InChI is InChI=1S/CH4.2H2O.H4Si/h1H4;2*1H2;1H4. The molecule has 0 aromatic heterocycles. The first-order valence-electron chi connectivity index (χ1n) is 0. The fourth-order valence-electron chi connectivity index (χ4n) is 0. The molecule has 0 rings (SSSR count). The Balaban J connectivity index is 0. The Kier molecular flexibility index (Phi) is 415000. The van der Waals surface area contributed by atoms with E-state index in [0.717, 1.165) is 0 Å². The molecule has 0 bridgehead atoms. The first-order valence-corrected chi connectivity index (χ1v) is 0. The molecule has 32 valence electrons. The van der Waals surface area contributed by atoms with Gasteiger partial charge in [0.2, 0.25) is 0 Å². The molecule has 0 aromatic rings. The van der Waals surface area contributed by atoms with E-state index < -0.39 is 0 Å². The minimum absolute atomic E-state index is 0. The molecule has 0 heterocycles. The summed E-state index contributed by atoms with van der Waals surface area (Å²) in [4.78, 5) is 0. The molecular weight excluding hydrogens is 72.1 g/mol. The van der Waals surface area contributed by atoms with E-state index in [1.165, 1.54) is 0 Å². The van der Waals surface area contributed by atoms with Gasteiger partial charge in [0.15, 0.2) is 0 Å². The smallest absolute Gasteiger partial charge is 0.0149 e. The molecule has 0 saturated heterocycles. The van der Waals surface area contributed by atoms with Crippen LogP contribution >= 0.6 is 0 Å². The second-order valence-corrected chi connectivity index (χ2v) is 0. The van der Waals surface area contributed by atoms with Crippen LogP contribution in [0.1, 0.15) is 7.43 Å². The van der Waals surface area contributed by atoms with Crippen LogP contribution < -0.4 is 0 Å². The highest BCUT2D eigenvalue weighted by Gasteiger charge is -0.0148. The molecule has 0 aliphatic rings. The van der Waals surface area contributed by atoms with Crippen LogP contribution in [0.25, 0.3) is 0 Å².